The van der Waals surface area contributed by atoms with Crippen molar-refractivity contribution in [1.82, 2.24) is 14.9 Å². The molecule has 0 aliphatic heterocycles. The van der Waals surface area contributed by atoms with Gasteiger partial charge in [-0.1, -0.05) is 0 Å². The molecule has 0 spiro atoms. The molecular weight excluding hydrogens is 178 g/mol. The summed E-state index contributed by atoms with van der Waals surface area (Å²) in [6, 6.07) is 0. The molecule has 0 saturated heterocycles. The molecule has 0 aromatic carbocycles. The van der Waals surface area contributed by atoms with Gasteiger partial charge in [-0.3, -0.25) is 4.90 Å². The third-order valence-electron chi connectivity index (χ3n) is 2.45. The third-order valence-corrected chi connectivity index (χ3v) is 2.45. The van der Waals surface area contributed by atoms with Crippen LogP contribution < -0.4 is 0 Å². The molecule has 0 fully saturated rings. The van der Waals surface area contributed by atoms with E-state index in [1.807, 2.05) is 20.9 Å². The highest BCUT2D eigenvalue weighted by atomic mass is 16.3. The Morgan fingerprint density at radius 2 is 1.93 bits per heavy atom. The maximum Gasteiger partial charge on any atom is 0.115 e. The first-order chi connectivity index (χ1) is 6.56. The minimum atomic E-state index is -0.212. The number of aliphatic hydroxyl groups excluding tert-OH is 1. The number of hydrogen-bond acceptors (Lipinski definition) is 4. The van der Waals surface area contributed by atoms with Crippen molar-refractivity contribution in [1.29, 1.82) is 0 Å². The van der Waals surface area contributed by atoms with Crippen molar-refractivity contribution in [3.63, 3.8) is 0 Å². The van der Waals surface area contributed by atoms with Gasteiger partial charge in [0.1, 0.15) is 6.33 Å². The van der Waals surface area contributed by atoms with Crippen molar-refractivity contribution in [2.45, 2.75) is 25.9 Å². The average Bonchev–Trinajstić information content (AvgIpc) is 2.19. The van der Waals surface area contributed by atoms with Crippen LogP contribution in [0.15, 0.2) is 18.7 Å². The maximum absolute atomic E-state index is 9.17. The molecule has 0 radical (unpaired) electrons. The van der Waals surface area contributed by atoms with Gasteiger partial charge in [0.25, 0.3) is 0 Å². The van der Waals surface area contributed by atoms with Gasteiger partial charge in [-0.15, -0.1) is 0 Å². The van der Waals surface area contributed by atoms with Gasteiger partial charge in [-0.25, -0.2) is 9.97 Å². The Hall–Kier alpha value is -1.00. The first-order valence-electron chi connectivity index (χ1n) is 4.62. The topological polar surface area (TPSA) is 49.2 Å². The van der Waals surface area contributed by atoms with Crippen molar-refractivity contribution < 1.29 is 5.11 Å². The highest BCUT2D eigenvalue weighted by Gasteiger charge is 2.22. The normalized spacial score (nSPS) is 12.1. The van der Waals surface area contributed by atoms with Crippen LogP contribution in [0.4, 0.5) is 0 Å². The van der Waals surface area contributed by atoms with Gasteiger partial charge in [-0.2, -0.15) is 0 Å². The molecule has 1 rings (SSSR count). The number of rotatable bonds is 4. The number of aromatic nitrogens is 2. The second-order valence-electron chi connectivity index (χ2n) is 4.07. The van der Waals surface area contributed by atoms with Crippen LogP contribution in [0.5, 0.6) is 0 Å². The number of nitrogens with zero attached hydrogens (tertiary/aromatic N) is 3. The summed E-state index contributed by atoms with van der Waals surface area (Å²) in [7, 11) is 1.98. The van der Waals surface area contributed by atoms with E-state index in [0.717, 1.165) is 12.1 Å². The molecule has 4 heteroatoms. The third kappa shape index (κ3) is 2.75. The molecule has 0 amide bonds. The smallest absolute Gasteiger partial charge is 0.115 e. The molecule has 4 nitrogen and oxygen atoms in total. The molecule has 78 valence electrons. The summed E-state index contributed by atoms with van der Waals surface area (Å²) in [5.41, 5.74) is 0.840. The minimum absolute atomic E-state index is 0.136. The average molecular weight is 195 g/mol. The second kappa shape index (κ2) is 4.48. The van der Waals surface area contributed by atoms with Crippen molar-refractivity contribution in [2.24, 2.45) is 0 Å². The molecule has 0 bridgehead atoms. The predicted octanol–water partition coefficient (Wildman–Crippen LogP) is 0.679. The van der Waals surface area contributed by atoms with Crippen LogP contribution in [-0.2, 0) is 6.54 Å². The molecule has 1 aromatic rings. The van der Waals surface area contributed by atoms with Gasteiger partial charge in [0.15, 0.2) is 0 Å². The Bertz CT molecular complexity index is 274. The lowest BCUT2D eigenvalue weighted by Crippen LogP contribution is -2.43. The van der Waals surface area contributed by atoms with Crippen LogP contribution >= 0.6 is 0 Å². The van der Waals surface area contributed by atoms with Crippen molar-refractivity contribution in [3.05, 3.63) is 24.3 Å². The van der Waals surface area contributed by atoms with E-state index in [1.165, 1.54) is 6.33 Å². The summed E-state index contributed by atoms with van der Waals surface area (Å²) in [6.07, 6.45) is 5.09. The van der Waals surface area contributed by atoms with Crippen LogP contribution in [0.3, 0.4) is 0 Å². The fourth-order valence-corrected chi connectivity index (χ4v) is 1.02. The van der Waals surface area contributed by atoms with E-state index < -0.39 is 0 Å². The summed E-state index contributed by atoms with van der Waals surface area (Å²) in [6.45, 7) is 4.87. The van der Waals surface area contributed by atoms with Crippen LogP contribution in [0.25, 0.3) is 0 Å². The number of hydrogen-bond donors (Lipinski definition) is 1. The number of aliphatic hydroxyl groups is 1. The van der Waals surface area contributed by atoms with Gasteiger partial charge < -0.3 is 5.11 Å². The minimum Gasteiger partial charge on any atom is -0.394 e. The van der Waals surface area contributed by atoms with E-state index in [2.05, 4.69) is 14.9 Å². The summed E-state index contributed by atoms with van der Waals surface area (Å²) in [5, 5.41) is 9.17. The zero-order valence-electron chi connectivity index (χ0n) is 8.94. The van der Waals surface area contributed by atoms with E-state index in [0.29, 0.717) is 0 Å². The molecule has 0 aliphatic rings. The quantitative estimate of drug-likeness (QED) is 0.767. The van der Waals surface area contributed by atoms with E-state index in [1.54, 1.807) is 12.4 Å². The summed E-state index contributed by atoms with van der Waals surface area (Å²) < 4.78 is 0. The molecular formula is C10H17N3O. The van der Waals surface area contributed by atoms with Gasteiger partial charge in [-0.05, 0) is 20.9 Å². The lowest BCUT2D eigenvalue weighted by atomic mass is 10.0. The Kier molecular flexibility index (Phi) is 3.55. The summed E-state index contributed by atoms with van der Waals surface area (Å²) in [4.78, 5) is 9.97. The van der Waals surface area contributed by atoms with Crippen LogP contribution in [0, 0.1) is 0 Å². The highest BCUT2D eigenvalue weighted by Crippen LogP contribution is 2.13. The first-order valence-corrected chi connectivity index (χ1v) is 4.62. The zero-order valence-corrected chi connectivity index (χ0v) is 8.94. The van der Waals surface area contributed by atoms with E-state index in [9.17, 15) is 0 Å². The SMILES string of the molecule is CN(Cc1cncnc1)C(C)(C)CO. The van der Waals surface area contributed by atoms with Crippen LogP contribution in [-0.4, -0.2) is 39.2 Å². The zero-order chi connectivity index (χ0) is 10.6. The first kappa shape index (κ1) is 11.1. The van der Waals surface area contributed by atoms with Gasteiger partial charge in [0, 0.05) is 30.0 Å². The molecule has 0 unspecified atom stereocenters. The Morgan fingerprint density at radius 3 is 2.43 bits per heavy atom. The fraction of sp³-hybridized carbons (Fsp3) is 0.600. The predicted molar refractivity (Wildman–Crippen MR) is 54.7 cm³/mol. The van der Waals surface area contributed by atoms with Gasteiger partial charge >= 0.3 is 0 Å². The van der Waals surface area contributed by atoms with Gasteiger partial charge in [0.2, 0.25) is 0 Å². The van der Waals surface area contributed by atoms with Crippen molar-refractivity contribution in [3.8, 4) is 0 Å². The molecule has 0 saturated carbocycles. The second-order valence-corrected chi connectivity index (χ2v) is 4.07. The fourth-order valence-electron chi connectivity index (χ4n) is 1.02. The molecule has 1 heterocycles. The molecule has 0 aliphatic carbocycles. The Labute approximate surface area is 84.6 Å². The lowest BCUT2D eigenvalue weighted by Gasteiger charge is -2.33. The highest BCUT2D eigenvalue weighted by molar-refractivity contribution is 5.02. The lowest BCUT2D eigenvalue weighted by molar-refractivity contribution is 0.0732. The Balaban J connectivity index is 2.62. The van der Waals surface area contributed by atoms with Gasteiger partial charge in [0.05, 0.1) is 6.61 Å². The van der Waals surface area contributed by atoms with E-state index in [4.69, 9.17) is 5.11 Å². The monoisotopic (exact) mass is 195 g/mol. The van der Waals surface area contributed by atoms with E-state index >= 15 is 0 Å². The summed E-state index contributed by atoms with van der Waals surface area (Å²) >= 11 is 0. The Morgan fingerprint density at radius 1 is 1.36 bits per heavy atom. The van der Waals surface area contributed by atoms with Crippen LogP contribution in [0.2, 0.25) is 0 Å². The van der Waals surface area contributed by atoms with Crippen molar-refractivity contribution in [2.75, 3.05) is 13.7 Å². The van der Waals surface area contributed by atoms with Crippen LogP contribution in [0.1, 0.15) is 19.4 Å². The molecule has 14 heavy (non-hydrogen) atoms. The maximum atomic E-state index is 9.17. The summed E-state index contributed by atoms with van der Waals surface area (Å²) in [5.74, 6) is 0. The molecule has 1 aromatic heterocycles. The van der Waals surface area contributed by atoms with Crippen molar-refractivity contribution >= 4 is 0 Å². The van der Waals surface area contributed by atoms with E-state index in [-0.39, 0.29) is 12.1 Å². The largest absolute Gasteiger partial charge is 0.394 e. The standard InChI is InChI=1S/C10H17N3O/c1-10(2,7-14)13(3)6-9-4-11-8-12-5-9/h4-5,8,14H,6-7H2,1-3H3. The molecule has 0 atom stereocenters. The molecule has 1 N–H and O–H groups in total. The number of likely N-dealkylation sites (N-methyl/N-ethyl adjacent to an activating group) is 1.